The summed E-state index contributed by atoms with van der Waals surface area (Å²) in [6.45, 7) is 7.72. The standard InChI is InChI=1S/C25H31FN4O/c1-25(2)14-23(28-19-9-11-29(12-10-19)17-21-4-3-13-31-21)22-16-27-30(24(22)15-25)20-7-5-18(26)6-8-20/h3-8,13,16,19,23,28H,9-12,14-15,17H2,1-2H3. The van der Waals surface area contributed by atoms with Crippen LogP contribution in [0.2, 0.25) is 0 Å². The fourth-order valence-corrected chi connectivity index (χ4v) is 5.16. The lowest BCUT2D eigenvalue weighted by molar-refractivity contribution is 0.161. The van der Waals surface area contributed by atoms with Crippen LogP contribution in [0.15, 0.2) is 53.3 Å². The number of hydrogen-bond donors (Lipinski definition) is 1. The van der Waals surface area contributed by atoms with Gasteiger partial charge in [0.2, 0.25) is 0 Å². The van der Waals surface area contributed by atoms with Gasteiger partial charge in [0.1, 0.15) is 11.6 Å². The zero-order valence-corrected chi connectivity index (χ0v) is 18.4. The minimum atomic E-state index is -0.219. The third kappa shape index (κ3) is 4.46. The van der Waals surface area contributed by atoms with Gasteiger partial charge in [-0.1, -0.05) is 13.8 Å². The molecule has 1 atom stereocenters. The smallest absolute Gasteiger partial charge is 0.123 e. The molecule has 1 fully saturated rings. The molecule has 1 aliphatic heterocycles. The summed E-state index contributed by atoms with van der Waals surface area (Å²) < 4.78 is 20.9. The molecular formula is C25H31FN4O. The average molecular weight is 423 g/mol. The number of nitrogens with one attached hydrogen (secondary N) is 1. The third-order valence-corrected chi connectivity index (χ3v) is 6.73. The van der Waals surface area contributed by atoms with Crippen LogP contribution in [0.1, 0.15) is 56.2 Å². The Balaban J connectivity index is 1.29. The molecule has 0 amide bonds. The number of rotatable bonds is 5. The van der Waals surface area contributed by atoms with E-state index in [2.05, 4.69) is 30.1 Å². The molecule has 31 heavy (non-hydrogen) atoms. The van der Waals surface area contributed by atoms with Crippen LogP contribution in [0.4, 0.5) is 4.39 Å². The molecule has 2 aliphatic rings. The summed E-state index contributed by atoms with van der Waals surface area (Å²) in [7, 11) is 0. The molecule has 3 heterocycles. The van der Waals surface area contributed by atoms with Crippen LogP contribution in [0.3, 0.4) is 0 Å². The maximum Gasteiger partial charge on any atom is 0.123 e. The Morgan fingerprint density at radius 2 is 1.94 bits per heavy atom. The van der Waals surface area contributed by atoms with E-state index < -0.39 is 0 Å². The maximum absolute atomic E-state index is 13.4. The van der Waals surface area contributed by atoms with Crippen molar-refractivity contribution in [1.82, 2.24) is 20.0 Å². The molecule has 0 radical (unpaired) electrons. The van der Waals surface area contributed by atoms with Gasteiger partial charge in [-0.2, -0.15) is 5.10 Å². The molecule has 1 unspecified atom stereocenters. The van der Waals surface area contributed by atoms with Gasteiger partial charge >= 0.3 is 0 Å². The Morgan fingerprint density at radius 1 is 1.16 bits per heavy atom. The molecule has 3 aromatic rings. The van der Waals surface area contributed by atoms with Crippen LogP contribution in [0, 0.1) is 11.2 Å². The highest BCUT2D eigenvalue weighted by Gasteiger charge is 2.36. The number of hydrogen-bond acceptors (Lipinski definition) is 4. The molecule has 0 saturated carbocycles. The lowest BCUT2D eigenvalue weighted by Gasteiger charge is -2.39. The van der Waals surface area contributed by atoms with E-state index in [0.717, 1.165) is 56.8 Å². The number of furan rings is 1. The summed E-state index contributed by atoms with van der Waals surface area (Å²) in [4.78, 5) is 2.47. The summed E-state index contributed by atoms with van der Waals surface area (Å²) in [6, 6.07) is 11.4. The molecule has 164 valence electrons. The summed E-state index contributed by atoms with van der Waals surface area (Å²) in [5.74, 6) is 0.821. The minimum Gasteiger partial charge on any atom is -0.468 e. The van der Waals surface area contributed by atoms with Crippen molar-refractivity contribution in [3.63, 3.8) is 0 Å². The molecule has 5 nitrogen and oxygen atoms in total. The van der Waals surface area contributed by atoms with Crippen molar-refractivity contribution in [2.75, 3.05) is 13.1 Å². The zero-order chi connectivity index (χ0) is 21.4. The predicted molar refractivity (Wildman–Crippen MR) is 119 cm³/mol. The van der Waals surface area contributed by atoms with Crippen molar-refractivity contribution < 1.29 is 8.81 Å². The third-order valence-electron chi connectivity index (χ3n) is 6.73. The van der Waals surface area contributed by atoms with Crippen molar-refractivity contribution in [2.24, 2.45) is 5.41 Å². The van der Waals surface area contributed by atoms with E-state index >= 15 is 0 Å². The first-order chi connectivity index (χ1) is 15.0. The van der Waals surface area contributed by atoms with Gasteiger partial charge in [0.05, 0.1) is 24.7 Å². The monoisotopic (exact) mass is 422 g/mol. The Bertz CT molecular complexity index is 1000. The highest BCUT2D eigenvalue weighted by molar-refractivity contribution is 5.38. The van der Waals surface area contributed by atoms with Crippen molar-refractivity contribution in [2.45, 2.75) is 58.2 Å². The lowest BCUT2D eigenvalue weighted by Crippen LogP contribution is -2.45. The molecule has 5 rings (SSSR count). The van der Waals surface area contributed by atoms with Gasteiger partial charge < -0.3 is 9.73 Å². The van der Waals surface area contributed by atoms with E-state index in [9.17, 15) is 4.39 Å². The van der Waals surface area contributed by atoms with Crippen LogP contribution in [0.5, 0.6) is 0 Å². The molecule has 0 bridgehead atoms. The second-order valence-corrected chi connectivity index (χ2v) is 9.83. The minimum absolute atomic E-state index is 0.183. The fourth-order valence-electron chi connectivity index (χ4n) is 5.16. The quantitative estimate of drug-likeness (QED) is 0.637. The first-order valence-corrected chi connectivity index (χ1v) is 11.3. The number of likely N-dealkylation sites (tertiary alicyclic amines) is 1. The van der Waals surface area contributed by atoms with Crippen LogP contribution in [-0.2, 0) is 13.0 Å². The highest BCUT2D eigenvalue weighted by atomic mass is 19.1. The number of benzene rings is 1. The molecule has 1 aromatic carbocycles. The van der Waals surface area contributed by atoms with Gasteiger partial charge in [-0.3, -0.25) is 4.90 Å². The lowest BCUT2D eigenvalue weighted by atomic mass is 9.74. The Hall–Kier alpha value is -2.44. The van der Waals surface area contributed by atoms with E-state index in [-0.39, 0.29) is 11.2 Å². The van der Waals surface area contributed by atoms with Crippen LogP contribution in [-0.4, -0.2) is 33.8 Å². The van der Waals surface area contributed by atoms with Crippen molar-refractivity contribution in [3.05, 3.63) is 71.7 Å². The van der Waals surface area contributed by atoms with Crippen molar-refractivity contribution >= 4 is 0 Å². The number of aromatic nitrogens is 2. The van der Waals surface area contributed by atoms with E-state index in [4.69, 9.17) is 9.52 Å². The molecular weight excluding hydrogens is 391 g/mol. The molecule has 1 aliphatic carbocycles. The summed E-state index contributed by atoms with van der Waals surface area (Å²) >= 11 is 0. The number of fused-ring (bicyclic) bond motifs is 1. The summed E-state index contributed by atoms with van der Waals surface area (Å²) in [6.07, 6.45) is 8.11. The number of halogens is 1. The first kappa shape index (κ1) is 20.5. The normalized spacial score (nSPS) is 21.8. The second kappa shape index (κ2) is 8.24. The van der Waals surface area contributed by atoms with Crippen LogP contribution in [0.25, 0.3) is 5.69 Å². The van der Waals surface area contributed by atoms with Crippen LogP contribution >= 0.6 is 0 Å². The fraction of sp³-hybridized carbons (Fsp3) is 0.480. The maximum atomic E-state index is 13.4. The van der Waals surface area contributed by atoms with E-state index in [1.807, 2.05) is 16.9 Å². The molecule has 0 spiro atoms. The predicted octanol–water partition coefficient (Wildman–Crippen LogP) is 4.87. The van der Waals surface area contributed by atoms with E-state index in [1.54, 1.807) is 18.4 Å². The SMILES string of the molecule is CC1(C)Cc2c(cnn2-c2ccc(F)cc2)C(NC2CCN(Cc3ccco3)CC2)C1. The Morgan fingerprint density at radius 3 is 2.65 bits per heavy atom. The summed E-state index contributed by atoms with van der Waals surface area (Å²) in [5.41, 5.74) is 3.64. The van der Waals surface area contributed by atoms with Crippen molar-refractivity contribution in [3.8, 4) is 5.69 Å². The van der Waals surface area contributed by atoms with Gasteiger partial charge in [0.25, 0.3) is 0 Å². The highest BCUT2D eigenvalue weighted by Crippen LogP contribution is 2.42. The van der Waals surface area contributed by atoms with Gasteiger partial charge in [-0.05, 0) is 67.5 Å². The number of piperidine rings is 1. The molecule has 2 aromatic heterocycles. The number of nitrogens with zero attached hydrogens (tertiary/aromatic N) is 3. The average Bonchev–Trinajstić information content (AvgIpc) is 3.39. The van der Waals surface area contributed by atoms with Gasteiger partial charge in [-0.25, -0.2) is 9.07 Å². The molecule has 1 saturated heterocycles. The first-order valence-electron chi connectivity index (χ1n) is 11.3. The largest absolute Gasteiger partial charge is 0.468 e. The topological polar surface area (TPSA) is 46.2 Å². The van der Waals surface area contributed by atoms with E-state index in [0.29, 0.717) is 12.1 Å². The zero-order valence-electron chi connectivity index (χ0n) is 18.4. The van der Waals surface area contributed by atoms with Crippen LogP contribution < -0.4 is 5.32 Å². The van der Waals surface area contributed by atoms with E-state index in [1.165, 1.54) is 23.4 Å². The molecule has 6 heteroatoms. The Kier molecular flexibility index (Phi) is 5.44. The summed E-state index contributed by atoms with van der Waals surface area (Å²) in [5, 5.41) is 8.66. The van der Waals surface area contributed by atoms with Gasteiger partial charge in [0.15, 0.2) is 0 Å². The van der Waals surface area contributed by atoms with Crippen molar-refractivity contribution in [1.29, 1.82) is 0 Å². The Labute approximate surface area is 183 Å². The second-order valence-electron chi connectivity index (χ2n) is 9.83. The van der Waals surface area contributed by atoms with Gasteiger partial charge in [-0.15, -0.1) is 0 Å². The molecule has 1 N–H and O–H groups in total. The van der Waals surface area contributed by atoms with Gasteiger partial charge in [0, 0.05) is 36.4 Å².